The van der Waals surface area contributed by atoms with Crippen molar-refractivity contribution >= 4 is 51.3 Å². The van der Waals surface area contributed by atoms with E-state index < -0.39 is 5.97 Å². The molecule has 0 bridgehead atoms. The van der Waals surface area contributed by atoms with Crippen LogP contribution >= 0.6 is 11.8 Å². The van der Waals surface area contributed by atoms with Gasteiger partial charge in [0.15, 0.2) is 0 Å². The standard InChI is InChI=1S/C34H39N3O5S/c1-5-23-9-8-10-27-24(20-37(31(23)27)21-29(38)36-17-15-22(4)16-18-36)19-28-32(39)30(34(40)42-7-3)33(43-28)35-25-11-13-26(14-12-25)41-6-2/h8-14,19-20,22,39H,5-7,15-18,21H2,1-4H3/b28-19-,35-33?. The molecule has 2 aliphatic rings. The molecule has 9 heteroatoms. The average molecular weight is 602 g/mol. The summed E-state index contributed by atoms with van der Waals surface area (Å²) < 4.78 is 12.8. The van der Waals surface area contributed by atoms with Gasteiger partial charge in [-0.3, -0.25) is 4.79 Å². The monoisotopic (exact) mass is 601 g/mol. The summed E-state index contributed by atoms with van der Waals surface area (Å²) in [5.74, 6) is 0.692. The van der Waals surface area contributed by atoms with Gasteiger partial charge >= 0.3 is 5.97 Å². The molecule has 2 aliphatic heterocycles. The number of thioether (sulfide) groups is 1. The highest BCUT2D eigenvalue weighted by molar-refractivity contribution is 8.18. The van der Waals surface area contributed by atoms with Gasteiger partial charge in [-0.05, 0) is 74.9 Å². The molecule has 3 heterocycles. The maximum Gasteiger partial charge on any atom is 0.344 e. The molecule has 0 saturated carbocycles. The smallest absolute Gasteiger partial charge is 0.344 e. The highest BCUT2D eigenvalue weighted by atomic mass is 32.2. The average Bonchev–Trinajstić information content (AvgIpc) is 3.50. The zero-order chi connectivity index (χ0) is 30.5. The van der Waals surface area contributed by atoms with Crippen molar-refractivity contribution in [2.24, 2.45) is 10.9 Å². The van der Waals surface area contributed by atoms with Gasteiger partial charge in [0.05, 0.1) is 29.3 Å². The normalized spacial score (nSPS) is 17.8. The lowest BCUT2D eigenvalue weighted by molar-refractivity contribution is -0.138. The molecule has 2 aromatic carbocycles. The first-order valence-electron chi connectivity index (χ1n) is 15.0. The minimum atomic E-state index is -0.627. The predicted molar refractivity (Wildman–Crippen MR) is 173 cm³/mol. The fraction of sp³-hybridized carbons (Fsp3) is 0.382. The first kappa shape index (κ1) is 30.5. The Bertz CT molecular complexity index is 1590. The maximum absolute atomic E-state index is 13.3. The van der Waals surface area contributed by atoms with Crippen molar-refractivity contribution < 1.29 is 24.2 Å². The van der Waals surface area contributed by atoms with Crippen molar-refractivity contribution in [2.75, 3.05) is 26.3 Å². The molecule has 1 fully saturated rings. The Morgan fingerprint density at radius 1 is 1.07 bits per heavy atom. The summed E-state index contributed by atoms with van der Waals surface area (Å²) >= 11 is 1.22. The predicted octanol–water partition coefficient (Wildman–Crippen LogP) is 7.05. The van der Waals surface area contributed by atoms with Crippen molar-refractivity contribution in [3.05, 3.63) is 76.0 Å². The number of carbonyl (C=O) groups excluding carboxylic acids is 2. The number of hydrogen-bond acceptors (Lipinski definition) is 7. The van der Waals surface area contributed by atoms with Gasteiger partial charge in [-0.25, -0.2) is 9.79 Å². The number of benzene rings is 2. The van der Waals surface area contributed by atoms with Crippen molar-refractivity contribution in [1.29, 1.82) is 0 Å². The van der Waals surface area contributed by atoms with Gasteiger partial charge in [-0.1, -0.05) is 43.8 Å². The minimum absolute atomic E-state index is 0.0412. The number of aryl methyl sites for hydroxylation is 1. The summed E-state index contributed by atoms with van der Waals surface area (Å²) in [5, 5.41) is 12.6. The van der Waals surface area contributed by atoms with E-state index in [-0.39, 0.29) is 30.4 Å². The van der Waals surface area contributed by atoms with Crippen LogP contribution in [-0.2, 0) is 27.3 Å². The number of aliphatic hydroxyl groups excluding tert-OH is 1. The number of piperidine rings is 1. The molecule has 8 nitrogen and oxygen atoms in total. The molecule has 0 aliphatic carbocycles. The van der Waals surface area contributed by atoms with Gasteiger partial charge in [-0.15, -0.1) is 0 Å². The van der Waals surface area contributed by atoms with Crippen molar-refractivity contribution in [3.8, 4) is 5.75 Å². The lowest BCUT2D eigenvalue weighted by Crippen LogP contribution is -2.39. The van der Waals surface area contributed by atoms with E-state index in [1.165, 1.54) is 11.8 Å². The Morgan fingerprint density at radius 2 is 1.81 bits per heavy atom. The van der Waals surface area contributed by atoms with Crippen LogP contribution in [0, 0.1) is 5.92 Å². The second-order valence-corrected chi connectivity index (χ2v) is 11.9. The fourth-order valence-electron chi connectivity index (χ4n) is 5.53. The van der Waals surface area contributed by atoms with Gasteiger partial charge < -0.3 is 24.0 Å². The molecule has 0 spiro atoms. The largest absolute Gasteiger partial charge is 0.506 e. The third-order valence-electron chi connectivity index (χ3n) is 7.87. The zero-order valence-corrected chi connectivity index (χ0v) is 26.1. The summed E-state index contributed by atoms with van der Waals surface area (Å²) in [5.41, 5.74) is 3.67. The molecule has 43 heavy (non-hydrogen) atoms. The lowest BCUT2D eigenvalue weighted by Gasteiger charge is -2.30. The van der Waals surface area contributed by atoms with Crippen LogP contribution in [0.4, 0.5) is 5.69 Å². The number of aromatic nitrogens is 1. The van der Waals surface area contributed by atoms with Crippen molar-refractivity contribution in [2.45, 2.75) is 53.5 Å². The lowest BCUT2D eigenvalue weighted by atomic mass is 9.99. The molecular weight excluding hydrogens is 562 g/mol. The summed E-state index contributed by atoms with van der Waals surface area (Å²) in [6.45, 7) is 10.6. The number of hydrogen-bond donors (Lipinski definition) is 1. The van der Waals surface area contributed by atoms with E-state index >= 15 is 0 Å². The number of ether oxygens (including phenoxy) is 2. The van der Waals surface area contributed by atoms with E-state index in [2.05, 4.69) is 24.9 Å². The number of likely N-dealkylation sites (tertiary alicyclic amines) is 1. The first-order valence-corrected chi connectivity index (χ1v) is 15.8. The molecule has 1 amide bonds. The van der Waals surface area contributed by atoms with Crippen LogP contribution in [0.1, 0.15) is 51.7 Å². The van der Waals surface area contributed by atoms with E-state index in [1.54, 1.807) is 19.1 Å². The minimum Gasteiger partial charge on any atom is -0.506 e. The number of fused-ring (bicyclic) bond motifs is 1. The summed E-state index contributed by atoms with van der Waals surface area (Å²) in [7, 11) is 0. The molecule has 1 N–H and O–H groups in total. The fourth-order valence-corrected chi connectivity index (χ4v) is 6.55. The van der Waals surface area contributed by atoms with E-state index in [0.29, 0.717) is 28.2 Å². The number of para-hydroxylation sites is 1. The Kier molecular flexibility index (Phi) is 9.60. The molecule has 0 unspecified atom stereocenters. The van der Waals surface area contributed by atoms with Crippen LogP contribution in [0.25, 0.3) is 17.0 Å². The number of rotatable bonds is 9. The number of carbonyl (C=O) groups is 2. The molecule has 1 saturated heterocycles. The highest BCUT2D eigenvalue weighted by Gasteiger charge is 2.33. The van der Waals surface area contributed by atoms with E-state index in [0.717, 1.165) is 60.1 Å². The summed E-state index contributed by atoms with van der Waals surface area (Å²) in [4.78, 5) is 33.4. The highest BCUT2D eigenvalue weighted by Crippen LogP contribution is 2.41. The molecular formula is C34H39N3O5S. The van der Waals surface area contributed by atoms with Crippen LogP contribution in [0.3, 0.4) is 0 Å². The van der Waals surface area contributed by atoms with Crippen LogP contribution < -0.4 is 4.74 Å². The van der Waals surface area contributed by atoms with Crippen LogP contribution in [0.5, 0.6) is 5.75 Å². The number of aliphatic hydroxyl groups is 1. The molecule has 1 aromatic heterocycles. The van der Waals surface area contributed by atoms with Gasteiger partial charge in [0.25, 0.3) is 0 Å². The second kappa shape index (κ2) is 13.5. The molecule has 226 valence electrons. The summed E-state index contributed by atoms with van der Waals surface area (Å²) in [6.07, 6.45) is 6.72. The van der Waals surface area contributed by atoms with E-state index in [1.807, 2.05) is 52.9 Å². The van der Waals surface area contributed by atoms with Crippen LogP contribution in [0.15, 0.2) is 69.9 Å². The zero-order valence-electron chi connectivity index (χ0n) is 25.3. The Hall–Kier alpha value is -3.98. The molecule has 0 radical (unpaired) electrons. The number of esters is 1. The SMILES string of the molecule is CCOC(=O)C1=C(O)/C(=C/c2cn(CC(=O)N3CCC(C)CC3)c3c(CC)cccc23)SC1=Nc1ccc(OCC)cc1. The van der Waals surface area contributed by atoms with Crippen LogP contribution in [-0.4, -0.2) is 57.8 Å². The second-order valence-electron chi connectivity index (χ2n) is 10.8. The van der Waals surface area contributed by atoms with E-state index in [4.69, 9.17) is 9.47 Å². The van der Waals surface area contributed by atoms with Gasteiger partial charge in [0, 0.05) is 30.2 Å². The number of nitrogens with zero attached hydrogens (tertiary/aromatic N) is 3. The Labute approximate surface area is 257 Å². The third kappa shape index (κ3) is 6.67. The number of amides is 1. The Balaban J connectivity index is 1.52. The van der Waals surface area contributed by atoms with Gasteiger partial charge in [0.1, 0.15) is 28.7 Å². The third-order valence-corrected chi connectivity index (χ3v) is 8.89. The quantitative estimate of drug-likeness (QED) is 0.264. The number of aliphatic imine (C=N–C) groups is 1. The molecule has 5 rings (SSSR count). The molecule has 3 aromatic rings. The molecule has 0 atom stereocenters. The van der Waals surface area contributed by atoms with Crippen LogP contribution in [0.2, 0.25) is 0 Å². The van der Waals surface area contributed by atoms with Crippen molar-refractivity contribution in [3.63, 3.8) is 0 Å². The van der Waals surface area contributed by atoms with Crippen molar-refractivity contribution in [1.82, 2.24) is 9.47 Å². The van der Waals surface area contributed by atoms with Gasteiger partial charge in [0.2, 0.25) is 5.91 Å². The maximum atomic E-state index is 13.3. The van der Waals surface area contributed by atoms with E-state index in [9.17, 15) is 14.7 Å². The topological polar surface area (TPSA) is 93.4 Å². The Morgan fingerprint density at radius 3 is 2.49 bits per heavy atom. The first-order chi connectivity index (χ1) is 20.8. The summed E-state index contributed by atoms with van der Waals surface area (Å²) in [6, 6.07) is 13.4. The van der Waals surface area contributed by atoms with Gasteiger partial charge in [-0.2, -0.15) is 0 Å².